The zero-order chi connectivity index (χ0) is 56.9. The number of unbranched alkanes of at least 4 members (excludes halogenated alkanes) is 36. The van der Waals surface area contributed by atoms with Gasteiger partial charge in [-0.25, -0.2) is 4.57 Å². The lowest BCUT2D eigenvalue weighted by atomic mass is 10.0. The summed E-state index contributed by atoms with van der Waals surface area (Å²) in [6, 6.07) is 0. The molecule has 0 aliphatic heterocycles. The van der Waals surface area contributed by atoms with Crippen molar-refractivity contribution in [2.75, 3.05) is 26.4 Å². The molecule has 456 valence electrons. The Bertz CT molecular complexity index is 1490. The average Bonchev–Trinajstić information content (AvgIpc) is 3.43. The van der Waals surface area contributed by atoms with E-state index in [-0.39, 0.29) is 25.9 Å². The molecule has 0 aromatic carbocycles. The van der Waals surface area contributed by atoms with Crippen LogP contribution >= 0.6 is 7.82 Å². The van der Waals surface area contributed by atoms with Gasteiger partial charge < -0.3 is 24.2 Å². The van der Waals surface area contributed by atoms with E-state index in [0.717, 1.165) is 89.9 Å². The Morgan fingerprint density at radius 1 is 0.372 bits per heavy atom. The lowest BCUT2D eigenvalue weighted by Gasteiger charge is -2.21. The van der Waals surface area contributed by atoms with E-state index in [2.05, 4.69) is 69.4 Å². The normalized spacial score (nSPS) is 13.6. The van der Waals surface area contributed by atoms with Crippen molar-refractivity contribution in [2.24, 2.45) is 0 Å². The summed E-state index contributed by atoms with van der Waals surface area (Å²) in [5.74, 6) is -1.46. The molecule has 0 saturated carbocycles. The molecule has 0 heterocycles. The number of phosphoric acid groups is 1. The van der Waals surface area contributed by atoms with Gasteiger partial charge in [0.15, 0.2) is 6.10 Å². The van der Waals surface area contributed by atoms with Gasteiger partial charge in [-0.1, -0.05) is 268 Å². The molecule has 0 aromatic heterocycles. The predicted molar refractivity (Wildman–Crippen MR) is 325 cm³/mol. The first kappa shape index (κ1) is 75.4. The third kappa shape index (κ3) is 58.1. The SMILES string of the molecule is CC/C=C\C/C=C\C/C=C\CCCCCCCCCC(=O)OC(COC(=O)CCCCCCCCCCC/C=C\CCCCCCCC)COP(=O)(O)OCC(CO)OC(=O)CCCCCCCCCCCCCCCCC. The number of carbonyl (C=O) groups is 3. The molecule has 0 radical (unpaired) electrons. The number of carbonyl (C=O) groups excluding carboxylic acids is 3. The van der Waals surface area contributed by atoms with Crippen LogP contribution in [0.1, 0.15) is 316 Å². The molecule has 3 atom stereocenters. The smallest absolute Gasteiger partial charge is 0.462 e. The number of hydrogen-bond donors (Lipinski definition) is 2. The Kier molecular flexibility index (Phi) is 58.5. The highest BCUT2D eigenvalue weighted by Gasteiger charge is 2.28. The van der Waals surface area contributed by atoms with Gasteiger partial charge in [0.05, 0.1) is 19.8 Å². The molecule has 0 aliphatic rings. The first-order chi connectivity index (χ1) is 38.2. The monoisotopic (exact) mass is 1120 g/mol. The number of allylic oxidation sites excluding steroid dienone is 8. The lowest BCUT2D eigenvalue weighted by molar-refractivity contribution is -0.161. The number of rotatable bonds is 61. The van der Waals surface area contributed by atoms with E-state index < -0.39 is 57.8 Å². The maximum atomic E-state index is 13.0. The standard InChI is InChI=1S/C66H121O11P/c1-4-7-10-13-16-19-22-25-28-30-31-33-35-37-40-43-46-49-52-55-64(68)73-59-63(77-66(70)57-54-51-48-45-42-39-36-32-29-26-23-20-17-14-11-8-5-2)61-75-78(71,72)74-60-62(58-67)76-65(69)56-53-50-47-44-41-38-34-27-24-21-18-15-12-9-6-3/h8,11,17,20,25-26,28-29,62-63,67H,4-7,9-10,12-16,18-19,21-24,27,30-61H2,1-3H3,(H,71,72)/b11-8-,20-17-,28-25-,29-26-. The predicted octanol–water partition coefficient (Wildman–Crippen LogP) is 19.7. The number of aliphatic hydroxyl groups excluding tert-OH is 1. The lowest BCUT2D eigenvalue weighted by Crippen LogP contribution is -2.30. The largest absolute Gasteiger partial charge is 0.472 e. The summed E-state index contributed by atoms with van der Waals surface area (Å²) in [6.45, 7) is 4.58. The van der Waals surface area contributed by atoms with E-state index in [4.69, 9.17) is 23.3 Å². The van der Waals surface area contributed by atoms with Gasteiger partial charge in [-0.2, -0.15) is 0 Å². The van der Waals surface area contributed by atoms with Crippen LogP contribution in [0, 0.1) is 0 Å². The van der Waals surface area contributed by atoms with Crippen LogP contribution in [0.25, 0.3) is 0 Å². The van der Waals surface area contributed by atoms with E-state index in [0.29, 0.717) is 19.3 Å². The minimum absolute atomic E-state index is 0.158. The Morgan fingerprint density at radius 3 is 1.04 bits per heavy atom. The topological polar surface area (TPSA) is 155 Å². The van der Waals surface area contributed by atoms with Crippen LogP contribution in [-0.4, -0.2) is 66.5 Å². The summed E-state index contributed by atoms with van der Waals surface area (Å²) in [5.41, 5.74) is 0. The molecule has 0 spiro atoms. The number of hydrogen-bond acceptors (Lipinski definition) is 10. The maximum Gasteiger partial charge on any atom is 0.472 e. The highest BCUT2D eigenvalue weighted by Crippen LogP contribution is 2.43. The van der Waals surface area contributed by atoms with Crippen molar-refractivity contribution in [3.05, 3.63) is 48.6 Å². The molecule has 12 heteroatoms. The van der Waals surface area contributed by atoms with E-state index >= 15 is 0 Å². The number of esters is 3. The second-order valence-electron chi connectivity index (χ2n) is 21.9. The van der Waals surface area contributed by atoms with E-state index in [1.165, 1.54) is 167 Å². The first-order valence-corrected chi connectivity index (χ1v) is 34.0. The van der Waals surface area contributed by atoms with Gasteiger partial charge in [-0.05, 0) is 77.0 Å². The maximum absolute atomic E-state index is 13.0. The van der Waals surface area contributed by atoms with Crippen LogP contribution in [0.5, 0.6) is 0 Å². The molecule has 0 saturated heterocycles. The molecular weight excluding hydrogens is 1000 g/mol. The van der Waals surface area contributed by atoms with Crippen LogP contribution in [0.4, 0.5) is 0 Å². The van der Waals surface area contributed by atoms with E-state index in [1.54, 1.807) is 0 Å². The van der Waals surface area contributed by atoms with Crippen LogP contribution < -0.4 is 0 Å². The zero-order valence-electron chi connectivity index (χ0n) is 50.6. The fourth-order valence-electron chi connectivity index (χ4n) is 9.31. The van der Waals surface area contributed by atoms with Crippen LogP contribution in [0.15, 0.2) is 48.6 Å². The van der Waals surface area contributed by atoms with Gasteiger partial charge in [0, 0.05) is 19.3 Å². The van der Waals surface area contributed by atoms with Gasteiger partial charge in [-0.15, -0.1) is 0 Å². The minimum Gasteiger partial charge on any atom is -0.462 e. The highest BCUT2D eigenvalue weighted by atomic mass is 31.2. The molecule has 11 nitrogen and oxygen atoms in total. The molecule has 0 amide bonds. The molecule has 0 aromatic rings. The van der Waals surface area contributed by atoms with Crippen LogP contribution in [0.3, 0.4) is 0 Å². The second kappa shape index (κ2) is 60.5. The third-order valence-electron chi connectivity index (χ3n) is 14.2. The minimum atomic E-state index is -4.75. The molecule has 78 heavy (non-hydrogen) atoms. The highest BCUT2D eigenvalue weighted by molar-refractivity contribution is 7.47. The van der Waals surface area contributed by atoms with Gasteiger partial charge in [-0.3, -0.25) is 23.4 Å². The molecule has 3 unspecified atom stereocenters. The molecular formula is C66H121O11P. The first-order valence-electron chi connectivity index (χ1n) is 32.5. The number of aliphatic hydroxyl groups is 1. The van der Waals surface area contributed by atoms with Crippen LogP contribution in [0.2, 0.25) is 0 Å². The second-order valence-corrected chi connectivity index (χ2v) is 23.4. The summed E-state index contributed by atoms with van der Waals surface area (Å²) >= 11 is 0. The fraction of sp³-hybridized carbons (Fsp3) is 0.833. The van der Waals surface area contributed by atoms with E-state index in [9.17, 15) is 28.9 Å². The third-order valence-corrected chi connectivity index (χ3v) is 15.2. The van der Waals surface area contributed by atoms with Crippen molar-refractivity contribution in [3.63, 3.8) is 0 Å². The summed E-state index contributed by atoms with van der Waals surface area (Å²) < 4.78 is 39.7. The Hall–Kier alpha value is -2.56. The van der Waals surface area contributed by atoms with E-state index in [1.807, 2.05) is 0 Å². The van der Waals surface area contributed by atoms with Crippen molar-refractivity contribution in [2.45, 2.75) is 328 Å². The fourth-order valence-corrected chi connectivity index (χ4v) is 10.1. The van der Waals surface area contributed by atoms with Crippen molar-refractivity contribution in [1.82, 2.24) is 0 Å². The van der Waals surface area contributed by atoms with Crippen molar-refractivity contribution >= 4 is 25.7 Å². The van der Waals surface area contributed by atoms with Gasteiger partial charge >= 0.3 is 25.7 Å². The summed E-state index contributed by atoms with van der Waals surface area (Å²) in [6.07, 6.45) is 66.3. The number of phosphoric ester groups is 1. The van der Waals surface area contributed by atoms with Gasteiger partial charge in [0.2, 0.25) is 0 Å². The van der Waals surface area contributed by atoms with Crippen molar-refractivity contribution < 1.29 is 52.2 Å². The van der Waals surface area contributed by atoms with Gasteiger partial charge in [0.1, 0.15) is 12.7 Å². The Labute approximate surface area is 479 Å². The van der Waals surface area contributed by atoms with Gasteiger partial charge in [0.25, 0.3) is 0 Å². The van der Waals surface area contributed by atoms with Crippen molar-refractivity contribution in [3.8, 4) is 0 Å². The Balaban J connectivity index is 4.68. The Morgan fingerprint density at radius 2 is 0.667 bits per heavy atom. The molecule has 0 bridgehead atoms. The van der Waals surface area contributed by atoms with Crippen molar-refractivity contribution in [1.29, 1.82) is 0 Å². The molecule has 0 aliphatic carbocycles. The average molecular weight is 1120 g/mol. The molecule has 0 rings (SSSR count). The number of ether oxygens (including phenoxy) is 3. The zero-order valence-corrected chi connectivity index (χ0v) is 51.5. The summed E-state index contributed by atoms with van der Waals surface area (Å²) in [4.78, 5) is 48.8. The van der Waals surface area contributed by atoms with Crippen LogP contribution in [-0.2, 0) is 42.2 Å². The summed E-state index contributed by atoms with van der Waals surface area (Å²) in [7, 11) is -4.75. The summed E-state index contributed by atoms with van der Waals surface area (Å²) in [5, 5.41) is 9.85. The quantitative estimate of drug-likeness (QED) is 0.0197. The molecule has 2 N–H and O–H groups in total. The molecule has 0 fully saturated rings.